The third-order valence-electron chi connectivity index (χ3n) is 1.56. The predicted molar refractivity (Wildman–Crippen MR) is 41.4 cm³/mol. The summed E-state index contributed by atoms with van der Waals surface area (Å²) in [6, 6.07) is 0. The van der Waals surface area contributed by atoms with Crippen LogP contribution in [0.2, 0.25) is 0 Å². The summed E-state index contributed by atoms with van der Waals surface area (Å²) in [6.07, 6.45) is 0.283. The zero-order valence-electron chi connectivity index (χ0n) is 6.74. The Labute approximate surface area is 69.9 Å². The molecule has 0 amide bonds. The maximum Gasteiger partial charge on any atom is 0.219 e. The first-order chi connectivity index (χ1) is 5.65. The fourth-order valence-electron chi connectivity index (χ4n) is 0.990. The van der Waals surface area contributed by atoms with Gasteiger partial charge in [0, 0.05) is 12.3 Å². The van der Waals surface area contributed by atoms with Crippen molar-refractivity contribution in [3.8, 4) is 5.88 Å². The molecule has 0 aliphatic rings. The summed E-state index contributed by atoms with van der Waals surface area (Å²) >= 11 is 0. The molecule has 0 atom stereocenters. The van der Waals surface area contributed by atoms with E-state index >= 15 is 0 Å². The van der Waals surface area contributed by atoms with E-state index in [2.05, 4.69) is 9.97 Å². The number of hydrogen-bond donors (Lipinski definition) is 2. The number of aliphatic hydroxyl groups is 1. The van der Waals surface area contributed by atoms with Crippen molar-refractivity contribution in [2.45, 2.75) is 13.3 Å². The summed E-state index contributed by atoms with van der Waals surface area (Å²) < 4.78 is 0. The zero-order chi connectivity index (χ0) is 9.14. The number of nitrogen functional groups attached to an aromatic ring is 1. The lowest BCUT2D eigenvalue weighted by Gasteiger charge is -2.13. The molecule has 66 valence electrons. The molecule has 1 rings (SSSR count). The van der Waals surface area contributed by atoms with Gasteiger partial charge in [-0.05, 0) is 24.8 Å². The van der Waals surface area contributed by atoms with Gasteiger partial charge in [0.05, 0.1) is 0 Å². The molecule has 0 aliphatic heterocycles. The molecule has 0 aliphatic carbocycles. The molecule has 0 spiro atoms. The van der Waals surface area contributed by atoms with Gasteiger partial charge in [-0.25, -0.2) is 9.97 Å². The quantitative estimate of drug-likeness (QED) is 0.589. The largest absolute Gasteiger partial charge is 0.858 e. The number of aryl methyl sites for hydroxylation is 1. The average Bonchev–Trinajstić information content (AvgIpc) is 1.96. The molecule has 0 unspecified atom stereocenters. The first-order valence-corrected chi connectivity index (χ1v) is 3.56. The van der Waals surface area contributed by atoms with Crippen LogP contribution < -0.4 is 10.8 Å². The van der Waals surface area contributed by atoms with E-state index in [0.717, 1.165) is 0 Å². The number of rotatable bonds is 2. The van der Waals surface area contributed by atoms with Crippen molar-refractivity contribution in [3.63, 3.8) is 0 Å². The van der Waals surface area contributed by atoms with Crippen LogP contribution in [0.25, 0.3) is 0 Å². The third-order valence-corrected chi connectivity index (χ3v) is 1.56. The van der Waals surface area contributed by atoms with Crippen molar-refractivity contribution in [1.29, 1.82) is 0 Å². The van der Waals surface area contributed by atoms with Crippen molar-refractivity contribution in [3.05, 3.63) is 11.3 Å². The lowest BCUT2D eigenvalue weighted by Crippen LogP contribution is -2.09. The Kier molecular flexibility index (Phi) is 2.44. The summed E-state index contributed by atoms with van der Waals surface area (Å²) in [4.78, 5) is 7.26. The Hall–Kier alpha value is -1.36. The second-order valence-electron chi connectivity index (χ2n) is 2.42. The van der Waals surface area contributed by atoms with Gasteiger partial charge >= 0.3 is 0 Å². The summed E-state index contributed by atoms with van der Waals surface area (Å²) in [5.41, 5.74) is 6.22. The minimum atomic E-state index is -0.394. The monoisotopic (exact) mass is 168 g/mol. The molecule has 0 bridgehead atoms. The Morgan fingerprint density at radius 2 is 2.17 bits per heavy atom. The van der Waals surface area contributed by atoms with Gasteiger partial charge < -0.3 is 15.9 Å². The van der Waals surface area contributed by atoms with E-state index in [4.69, 9.17) is 10.8 Å². The highest BCUT2D eigenvalue weighted by Gasteiger charge is 2.02. The summed E-state index contributed by atoms with van der Waals surface area (Å²) in [5.74, 6) is -0.409. The maximum absolute atomic E-state index is 11.1. The molecular weight excluding hydrogens is 158 g/mol. The molecule has 1 aromatic rings. The van der Waals surface area contributed by atoms with Crippen molar-refractivity contribution >= 4 is 5.95 Å². The minimum Gasteiger partial charge on any atom is -0.858 e. The molecule has 1 heterocycles. The summed E-state index contributed by atoms with van der Waals surface area (Å²) in [7, 11) is 0. The van der Waals surface area contributed by atoms with Crippen molar-refractivity contribution in [2.24, 2.45) is 0 Å². The highest BCUT2D eigenvalue weighted by Crippen LogP contribution is 2.15. The number of hydrogen-bond acceptors (Lipinski definition) is 5. The Morgan fingerprint density at radius 1 is 1.50 bits per heavy atom. The number of aromatic nitrogens is 2. The van der Waals surface area contributed by atoms with Crippen LogP contribution in [0, 0.1) is 6.92 Å². The van der Waals surface area contributed by atoms with Crippen molar-refractivity contribution in [1.82, 2.24) is 9.97 Å². The smallest absolute Gasteiger partial charge is 0.219 e. The summed E-state index contributed by atoms with van der Waals surface area (Å²) in [6.45, 7) is 1.59. The van der Waals surface area contributed by atoms with E-state index in [1.54, 1.807) is 6.92 Å². The Morgan fingerprint density at radius 3 is 2.67 bits per heavy atom. The lowest BCUT2D eigenvalue weighted by molar-refractivity contribution is -0.276. The molecule has 1 aromatic heterocycles. The van der Waals surface area contributed by atoms with E-state index in [0.29, 0.717) is 11.3 Å². The lowest BCUT2D eigenvalue weighted by atomic mass is 10.2. The van der Waals surface area contributed by atoms with Crippen LogP contribution in [0.3, 0.4) is 0 Å². The number of nitrogens with zero attached hydrogens (tertiary/aromatic N) is 2. The number of anilines is 1. The molecule has 0 saturated heterocycles. The molecule has 12 heavy (non-hydrogen) atoms. The average molecular weight is 168 g/mol. The fourth-order valence-corrected chi connectivity index (χ4v) is 0.990. The Balaban J connectivity index is 3.10. The van der Waals surface area contributed by atoms with E-state index in [1.165, 1.54) is 0 Å². The maximum atomic E-state index is 11.1. The van der Waals surface area contributed by atoms with Gasteiger partial charge in [0.15, 0.2) is 0 Å². The van der Waals surface area contributed by atoms with Crippen LogP contribution in [0.15, 0.2) is 0 Å². The molecular formula is C7H10N3O2-. The van der Waals surface area contributed by atoms with Gasteiger partial charge in [0.2, 0.25) is 5.95 Å². The van der Waals surface area contributed by atoms with Gasteiger partial charge in [0.25, 0.3) is 0 Å². The zero-order valence-corrected chi connectivity index (χ0v) is 6.74. The highest BCUT2D eigenvalue weighted by molar-refractivity contribution is 5.33. The normalized spacial score (nSPS) is 10.2. The van der Waals surface area contributed by atoms with Crippen molar-refractivity contribution < 1.29 is 10.2 Å². The van der Waals surface area contributed by atoms with E-state index in [-0.39, 0.29) is 19.0 Å². The number of aliphatic hydroxyl groups excluding tert-OH is 1. The molecule has 0 aromatic carbocycles. The van der Waals surface area contributed by atoms with Crippen LogP contribution in [-0.4, -0.2) is 21.7 Å². The second-order valence-corrected chi connectivity index (χ2v) is 2.42. The highest BCUT2D eigenvalue weighted by atomic mass is 16.3. The van der Waals surface area contributed by atoms with E-state index in [1.807, 2.05) is 0 Å². The van der Waals surface area contributed by atoms with Crippen molar-refractivity contribution in [2.75, 3.05) is 12.3 Å². The van der Waals surface area contributed by atoms with Crippen LogP contribution in [-0.2, 0) is 6.42 Å². The minimum absolute atomic E-state index is 0.0146. The topological polar surface area (TPSA) is 95.1 Å². The SMILES string of the molecule is Cc1nc(N)nc([O-])c1CCO. The van der Waals surface area contributed by atoms with E-state index in [9.17, 15) is 5.11 Å². The molecule has 5 nitrogen and oxygen atoms in total. The van der Waals surface area contributed by atoms with Gasteiger partial charge in [-0.1, -0.05) is 0 Å². The second kappa shape index (κ2) is 3.36. The molecule has 0 fully saturated rings. The van der Waals surface area contributed by atoms with Crippen LogP contribution in [0.4, 0.5) is 5.95 Å². The third kappa shape index (κ3) is 1.62. The molecule has 5 heteroatoms. The van der Waals surface area contributed by atoms with Gasteiger partial charge in [-0.15, -0.1) is 0 Å². The van der Waals surface area contributed by atoms with E-state index < -0.39 is 5.88 Å². The first kappa shape index (κ1) is 8.73. The molecule has 3 N–H and O–H groups in total. The summed E-state index contributed by atoms with van der Waals surface area (Å²) in [5, 5.41) is 19.7. The van der Waals surface area contributed by atoms with Crippen LogP contribution >= 0.6 is 0 Å². The standard InChI is InChI=1S/C7H11N3O2/c1-4-5(2-3-11)6(12)10-7(8)9-4/h11H,2-3H2,1H3,(H3,8,9,10,12)/p-1. The van der Waals surface area contributed by atoms with Crippen LogP contribution in [0.5, 0.6) is 5.88 Å². The number of nitrogens with two attached hydrogens (primary N) is 1. The van der Waals surface area contributed by atoms with Gasteiger partial charge in [-0.2, -0.15) is 0 Å². The van der Waals surface area contributed by atoms with Gasteiger partial charge in [0.1, 0.15) is 0 Å². The van der Waals surface area contributed by atoms with Gasteiger partial charge in [-0.3, -0.25) is 0 Å². The fraction of sp³-hybridized carbons (Fsp3) is 0.429. The molecule has 0 radical (unpaired) electrons. The Bertz CT molecular complexity index is 265. The predicted octanol–water partition coefficient (Wildman–Crippen LogP) is -1.02. The van der Waals surface area contributed by atoms with Crippen LogP contribution in [0.1, 0.15) is 11.3 Å². The molecule has 0 saturated carbocycles. The first-order valence-electron chi connectivity index (χ1n) is 3.56.